The Labute approximate surface area is 119 Å². The molecule has 21 heavy (non-hydrogen) atoms. The van der Waals surface area contributed by atoms with Crippen molar-refractivity contribution in [2.75, 3.05) is 6.61 Å². The van der Waals surface area contributed by atoms with E-state index < -0.39 is 42.4 Å². The summed E-state index contributed by atoms with van der Waals surface area (Å²) < 4.78 is 6.36. The molecule has 5 atom stereocenters. The van der Waals surface area contributed by atoms with Crippen molar-refractivity contribution in [2.24, 2.45) is 5.73 Å². The Morgan fingerprint density at radius 1 is 1.43 bits per heavy atom. The Kier molecular flexibility index (Phi) is 4.59. The van der Waals surface area contributed by atoms with Crippen molar-refractivity contribution in [2.45, 2.75) is 43.9 Å². The number of nitrogens with one attached hydrogen (secondary N) is 1. The first kappa shape index (κ1) is 15.9. The normalized spacial score (nSPS) is 30.5. The summed E-state index contributed by atoms with van der Waals surface area (Å²) in [6, 6.07) is 0.869. The summed E-state index contributed by atoms with van der Waals surface area (Å²) in [5, 5.41) is 28.8. The first-order chi connectivity index (χ1) is 9.85. The van der Waals surface area contributed by atoms with E-state index in [-0.39, 0.29) is 18.2 Å². The van der Waals surface area contributed by atoms with Crippen molar-refractivity contribution in [3.63, 3.8) is 0 Å². The summed E-state index contributed by atoms with van der Waals surface area (Å²) in [5.74, 6) is 0. The lowest BCUT2D eigenvalue weighted by atomic mass is 10.1. The van der Waals surface area contributed by atoms with Gasteiger partial charge in [-0.25, -0.2) is 4.79 Å². The van der Waals surface area contributed by atoms with Gasteiger partial charge >= 0.3 is 5.69 Å². The molecule has 1 unspecified atom stereocenters. The molecule has 118 valence electrons. The van der Waals surface area contributed by atoms with Gasteiger partial charge in [0.1, 0.15) is 18.3 Å². The highest BCUT2D eigenvalue weighted by molar-refractivity contribution is 5.06. The highest BCUT2D eigenvalue weighted by Gasteiger charge is 2.44. The molecule has 0 aliphatic carbocycles. The summed E-state index contributed by atoms with van der Waals surface area (Å²) in [6.07, 6.45) is -4.73. The van der Waals surface area contributed by atoms with Gasteiger partial charge < -0.3 is 25.8 Å². The molecule has 0 amide bonds. The number of nitrogens with zero attached hydrogens (tertiary/aromatic N) is 1. The summed E-state index contributed by atoms with van der Waals surface area (Å²) in [4.78, 5) is 25.5. The first-order valence-corrected chi connectivity index (χ1v) is 6.58. The summed E-state index contributed by atoms with van der Waals surface area (Å²) in [5.41, 5.74) is 4.62. The van der Waals surface area contributed by atoms with Crippen molar-refractivity contribution in [1.29, 1.82) is 0 Å². The van der Waals surface area contributed by atoms with Crippen LogP contribution >= 0.6 is 0 Å². The molecule has 1 saturated heterocycles. The highest BCUT2D eigenvalue weighted by Crippen LogP contribution is 2.28. The van der Waals surface area contributed by atoms with Gasteiger partial charge in [-0.05, 0) is 6.92 Å². The first-order valence-electron chi connectivity index (χ1n) is 6.58. The van der Waals surface area contributed by atoms with Gasteiger partial charge in [0.25, 0.3) is 5.56 Å². The van der Waals surface area contributed by atoms with Crippen LogP contribution < -0.4 is 17.0 Å². The average molecular weight is 301 g/mol. The second kappa shape index (κ2) is 6.08. The van der Waals surface area contributed by atoms with Crippen molar-refractivity contribution in [3.05, 3.63) is 32.6 Å². The number of hydrogen-bond donors (Lipinski definition) is 5. The predicted molar refractivity (Wildman–Crippen MR) is 71.7 cm³/mol. The number of aromatic nitrogens is 2. The second-order valence-electron chi connectivity index (χ2n) is 5.21. The van der Waals surface area contributed by atoms with E-state index in [1.54, 1.807) is 6.92 Å². The van der Waals surface area contributed by atoms with E-state index in [0.29, 0.717) is 0 Å². The topological polar surface area (TPSA) is 151 Å². The molecule has 1 aliphatic rings. The smallest absolute Gasteiger partial charge is 0.330 e. The zero-order valence-corrected chi connectivity index (χ0v) is 11.5. The number of rotatable bonds is 4. The number of aliphatic hydroxyl groups excluding tert-OH is 3. The van der Waals surface area contributed by atoms with Gasteiger partial charge in [0.15, 0.2) is 6.23 Å². The average Bonchev–Trinajstić information content (AvgIpc) is 2.65. The number of hydrogen-bond acceptors (Lipinski definition) is 7. The molecule has 0 aromatic carbocycles. The van der Waals surface area contributed by atoms with Gasteiger partial charge in [-0.15, -0.1) is 0 Å². The second-order valence-corrected chi connectivity index (χ2v) is 5.21. The molecular formula is C12H19N3O6. The van der Waals surface area contributed by atoms with Crippen LogP contribution in [0.5, 0.6) is 0 Å². The molecule has 0 spiro atoms. The van der Waals surface area contributed by atoms with E-state index in [1.165, 1.54) is 6.07 Å². The fourth-order valence-electron chi connectivity index (χ4n) is 2.41. The lowest BCUT2D eigenvalue weighted by molar-refractivity contribution is -0.0563. The Balaban J connectivity index is 2.48. The molecule has 0 bridgehead atoms. The maximum absolute atomic E-state index is 12.0. The fourth-order valence-corrected chi connectivity index (χ4v) is 2.41. The van der Waals surface area contributed by atoms with E-state index >= 15 is 0 Å². The standard InChI is InChI=1S/C12H19N3O6/c1-5(13)2-6-3-8(17)14-12(20)15(6)11-10(19)9(18)7(4-16)21-11/h3,5,7,9-11,16,18-19H,2,4,13H2,1H3,(H,14,17,20)/t5?,7-,9-,10-,11-/m1/s1. The van der Waals surface area contributed by atoms with Crippen LogP contribution in [0.3, 0.4) is 0 Å². The molecule has 6 N–H and O–H groups in total. The molecule has 0 radical (unpaired) electrons. The molecule has 1 aromatic heterocycles. The molecule has 0 saturated carbocycles. The maximum Gasteiger partial charge on any atom is 0.330 e. The van der Waals surface area contributed by atoms with Crippen LogP contribution in [0.15, 0.2) is 15.7 Å². The summed E-state index contributed by atoms with van der Waals surface area (Å²) in [7, 11) is 0. The van der Waals surface area contributed by atoms with Gasteiger partial charge in [-0.1, -0.05) is 0 Å². The Bertz CT molecular complexity index is 610. The lowest BCUT2D eigenvalue weighted by Crippen LogP contribution is -2.40. The third-order valence-corrected chi connectivity index (χ3v) is 3.36. The Morgan fingerprint density at radius 3 is 2.62 bits per heavy atom. The van der Waals surface area contributed by atoms with Gasteiger partial charge in [0.2, 0.25) is 0 Å². The SMILES string of the molecule is CC(N)Cc1cc(=O)[nH]c(=O)n1[C@@H]1O[C@H](CO)[C@@H](O)[C@H]1O. The van der Waals surface area contributed by atoms with Crippen LogP contribution in [0.1, 0.15) is 18.8 Å². The van der Waals surface area contributed by atoms with Crippen LogP contribution in [0, 0.1) is 0 Å². The monoisotopic (exact) mass is 301 g/mol. The predicted octanol–water partition coefficient (Wildman–Crippen LogP) is -2.96. The minimum atomic E-state index is -1.41. The van der Waals surface area contributed by atoms with Gasteiger partial charge in [-0.2, -0.15) is 0 Å². The van der Waals surface area contributed by atoms with E-state index in [4.69, 9.17) is 15.6 Å². The molecule has 9 heteroatoms. The number of aliphatic hydroxyl groups is 3. The van der Waals surface area contributed by atoms with Gasteiger partial charge in [0, 0.05) is 24.2 Å². The molecular weight excluding hydrogens is 282 g/mol. The van der Waals surface area contributed by atoms with Crippen LogP contribution in [-0.4, -0.2) is 55.8 Å². The molecule has 1 aromatic rings. The van der Waals surface area contributed by atoms with Crippen LogP contribution in [0.25, 0.3) is 0 Å². The molecule has 1 fully saturated rings. The Morgan fingerprint density at radius 2 is 2.10 bits per heavy atom. The van der Waals surface area contributed by atoms with Crippen LogP contribution in [0.2, 0.25) is 0 Å². The summed E-state index contributed by atoms with van der Waals surface area (Å²) >= 11 is 0. The number of aromatic amines is 1. The third kappa shape index (κ3) is 3.06. The van der Waals surface area contributed by atoms with Gasteiger partial charge in [0.05, 0.1) is 6.61 Å². The zero-order valence-electron chi connectivity index (χ0n) is 11.5. The quantitative estimate of drug-likeness (QED) is 0.398. The minimum absolute atomic E-state index is 0.214. The van der Waals surface area contributed by atoms with E-state index in [9.17, 15) is 19.8 Å². The zero-order chi connectivity index (χ0) is 15.7. The molecule has 9 nitrogen and oxygen atoms in total. The number of nitrogens with two attached hydrogens (primary N) is 1. The minimum Gasteiger partial charge on any atom is -0.394 e. The van der Waals surface area contributed by atoms with Crippen molar-refractivity contribution >= 4 is 0 Å². The van der Waals surface area contributed by atoms with Gasteiger partial charge in [-0.3, -0.25) is 14.3 Å². The molecule has 1 aliphatic heterocycles. The Hall–Kier alpha value is -1.52. The van der Waals surface area contributed by atoms with Crippen molar-refractivity contribution in [1.82, 2.24) is 9.55 Å². The third-order valence-electron chi connectivity index (χ3n) is 3.36. The van der Waals surface area contributed by atoms with E-state index in [2.05, 4.69) is 4.98 Å². The maximum atomic E-state index is 12.0. The molecule has 2 heterocycles. The largest absolute Gasteiger partial charge is 0.394 e. The molecule has 2 rings (SSSR count). The van der Waals surface area contributed by atoms with Crippen molar-refractivity contribution in [3.8, 4) is 0 Å². The highest BCUT2D eigenvalue weighted by atomic mass is 16.6. The number of ether oxygens (including phenoxy) is 1. The lowest BCUT2D eigenvalue weighted by Gasteiger charge is -2.21. The number of H-pyrrole nitrogens is 1. The fraction of sp³-hybridized carbons (Fsp3) is 0.667. The van der Waals surface area contributed by atoms with Crippen LogP contribution in [-0.2, 0) is 11.2 Å². The van der Waals surface area contributed by atoms with E-state index in [0.717, 1.165) is 4.57 Å². The van der Waals surface area contributed by atoms with Crippen LogP contribution in [0.4, 0.5) is 0 Å². The van der Waals surface area contributed by atoms with E-state index in [1.807, 2.05) is 0 Å². The summed E-state index contributed by atoms with van der Waals surface area (Å²) in [6.45, 7) is 1.20. The van der Waals surface area contributed by atoms with Crippen molar-refractivity contribution < 1.29 is 20.1 Å².